The first-order valence-corrected chi connectivity index (χ1v) is 23.0. The highest BCUT2D eigenvalue weighted by Crippen LogP contribution is 2.16. The van der Waals surface area contributed by atoms with Crippen molar-refractivity contribution in [2.24, 2.45) is 0 Å². The van der Waals surface area contributed by atoms with Gasteiger partial charge in [0.2, 0.25) is 10.0 Å². The van der Waals surface area contributed by atoms with E-state index in [0.717, 1.165) is 64.3 Å². The van der Waals surface area contributed by atoms with Gasteiger partial charge in [0.1, 0.15) is 25.4 Å². The lowest BCUT2D eigenvalue weighted by Crippen LogP contribution is -2.58. The Balaban J connectivity index is 5.59. The highest BCUT2D eigenvalue weighted by atomic mass is 32.2. The molecule has 0 aliphatic heterocycles. The largest absolute Gasteiger partial charge is 0.463 e. The molecule has 0 fully saturated rings. The molecule has 0 aliphatic rings. The molecule has 0 amide bonds. The van der Waals surface area contributed by atoms with Crippen molar-refractivity contribution >= 4 is 27.9 Å². The van der Waals surface area contributed by atoms with Gasteiger partial charge < -0.3 is 24.4 Å². The highest BCUT2D eigenvalue weighted by molar-refractivity contribution is 7.89. The minimum Gasteiger partial charge on any atom is -0.463 e. The van der Waals surface area contributed by atoms with Gasteiger partial charge in [-0.05, 0) is 46.3 Å². The van der Waals surface area contributed by atoms with E-state index in [0.29, 0.717) is 32.2 Å². The molecule has 11 nitrogen and oxygen atoms in total. The topological polar surface area (TPSA) is 140 Å². The van der Waals surface area contributed by atoms with Crippen LogP contribution < -0.4 is 10.0 Å². The van der Waals surface area contributed by atoms with E-state index in [1.165, 1.54) is 57.8 Å². The smallest absolute Gasteiger partial charge is 0.305 e. The fourth-order valence-corrected chi connectivity index (χ4v) is 6.95. The molecule has 0 spiro atoms. The molecule has 314 valence electrons. The molecular formula is C41H81N3O8S. The maximum Gasteiger partial charge on any atom is 0.305 e. The Labute approximate surface area is 325 Å². The third-order valence-corrected chi connectivity index (χ3v) is 10.8. The molecule has 0 rings (SSSR count). The number of hydrogen-bond acceptors (Lipinski definition) is 10. The third kappa shape index (κ3) is 33.3. The predicted molar refractivity (Wildman–Crippen MR) is 216 cm³/mol. The van der Waals surface area contributed by atoms with E-state index >= 15 is 0 Å². The van der Waals surface area contributed by atoms with E-state index in [1.807, 2.05) is 19.0 Å². The maximum absolute atomic E-state index is 12.9. The zero-order valence-corrected chi connectivity index (χ0v) is 35.6. The summed E-state index contributed by atoms with van der Waals surface area (Å²) in [6, 6.07) is 0. The Kier molecular flexibility index (Phi) is 33.6. The third-order valence-electron chi connectivity index (χ3n) is 9.46. The normalized spacial score (nSPS) is 12.0. The zero-order valence-electron chi connectivity index (χ0n) is 34.7. The molecule has 0 saturated carbocycles. The molecule has 0 aromatic heterocycles. The van der Waals surface area contributed by atoms with Gasteiger partial charge in [-0.3, -0.25) is 14.4 Å². The quantitative estimate of drug-likeness (QED) is 0.0357. The van der Waals surface area contributed by atoms with Crippen LogP contribution in [0.2, 0.25) is 0 Å². The maximum atomic E-state index is 12.9. The second-order valence-corrected chi connectivity index (χ2v) is 17.1. The Morgan fingerprint density at radius 1 is 0.509 bits per heavy atom. The molecule has 0 saturated heterocycles. The summed E-state index contributed by atoms with van der Waals surface area (Å²) in [5.74, 6) is -1.41. The van der Waals surface area contributed by atoms with Crippen LogP contribution in [0.15, 0.2) is 0 Å². The molecule has 0 atom stereocenters. The van der Waals surface area contributed by atoms with E-state index < -0.39 is 15.6 Å². The molecular weight excluding hydrogens is 695 g/mol. The monoisotopic (exact) mass is 776 g/mol. The van der Waals surface area contributed by atoms with Gasteiger partial charge in [0.05, 0.1) is 5.75 Å². The Morgan fingerprint density at radius 3 is 1.19 bits per heavy atom. The molecule has 0 heterocycles. The van der Waals surface area contributed by atoms with Gasteiger partial charge in [-0.1, -0.05) is 136 Å². The minimum absolute atomic E-state index is 0.0249. The average molecular weight is 776 g/mol. The van der Waals surface area contributed by atoms with Crippen LogP contribution in [0.4, 0.5) is 0 Å². The molecule has 0 aromatic carbocycles. The van der Waals surface area contributed by atoms with Gasteiger partial charge in [0.25, 0.3) is 0 Å². The van der Waals surface area contributed by atoms with E-state index in [9.17, 15) is 22.8 Å². The zero-order chi connectivity index (χ0) is 39.5. The second kappa shape index (κ2) is 34.7. The summed E-state index contributed by atoms with van der Waals surface area (Å²) in [5.41, 5.74) is -1.30. The van der Waals surface area contributed by atoms with Crippen LogP contribution in [0.25, 0.3) is 0 Å². The SMILES string of the molecule is CCCCCCCCCC(=O)OCC(COC(=O)CCCCCCCCC)(COC(=O)CCCCCCCCC)NCCS(=O)(=O)NCCCN(C)C. The van der Waals surface area contributed by atoms with E-state index in [4.69, 9.17) is 14.2 Å². The summed E-state index contributed by atoms with van der Waals surface area (Å²) in [5, 5.41) is 3.19. The second-order valence-electron chi connectivity index (χ2n) is 15.2. The van der Waals surface area contributed by atoms with Crippen molar-refractivity contribution in [1.29, 1.82) is 0 Å². The number of nitrogens with one attached hydrogen (secondary N) is 2. The van der Waals surface area contributed by atoms with Crippen molar-refractivity contribution in [2.45, 2.75) is 187 Å². The number of rotatable bonds is 39. The number of hydrogen-bond donors (Lipinski definition) is 2. The molecule has 0 unspecified atom stereocenters. The van der Waals surface area contributed by atoms with Crippen LogP contribution in [0.5, 0.6) is 0 Å². The van der Waals surface area contributed by atoms with Gasteiger partial charge in [-0.25, -0.2) is 13.1 Å². The number of sulfonamides is 1. The first-order chi connectivity index (χ1) is 25.5. The van der Waals surface area contributed by atoms with E-state index in [-0.39, 0.29) is 69.3 Å². The molecule has 0 radical (unpaired) electrons. The number of nitrogens with zero attached hydrogens (tertiary/aromatic N) is 1. The summed E-state index contributed by atoms with van der Waals surface area (Å²) in [6.07, 6.45) is 23.9. The van der Waals surface area contributed by atoms with Gasteiger partial charge in [0.15, 0.2) is 0 Å². The van der Waals surface area contributed by atoms with Crippen molar-refractivity contribution in [3.8, 4) is 0 Å². The lowest BCUT2D eigenvalue weighted by Gasteiger charge is -2.33. The molecule has 12 heteroatoms. The van der Waals surface area contributed by atoms with Crippen LogP contribution in [0.1, 0.15) is 181 Å². The highest BCUT2D eigenvalue weighted by Gasteiger charge is 2.36. The van der Waals surface area contributed by atoms with Crippen LogP contribution in [0, 0.1) is 0 Å². The first-order valence-electron chi connectivity index (χ1n) is 21.3. The average Bonchev–Trinajstić information content (AvgIpc) is 3.12. The summed E-state index contributed by atoms with van der Waals surface area (Å²) in [6.45, 7) is 6.91. The van der Waals surface area contributed by atoms with Crippen molar-refractivity contribution in [2.75, 3.05) is 59.3 Å². The minimum atomic E-state index is -3.62. The Bertz CT molecular complexity index is 926. The van der Waals surface area contributed by atoms with Crippen LogP contribution >= 0.6 is 0 Å². The molecule has 0 aromatic rings. The standard InChI is InChI=1S/C41H81N3O8S/c1-6-9-12-15-18-21-24-28-38(45)50-35-41(36-51-39(46)29-25-22-19-16-13-10-7-2,37-52-40(47)30-26-23-20-17-14-11-8-3)42-32-34-53(48,49)43-31-27-33-44(4)5/h42-43H,6-37H2,1-5H3. The van der Waals surface area contributed by atoms with Crippen molar-refractivity contribution < 1.29 is 37.0 Å². The van der Waals surface area contributed by atoms with Gasteiger partial charge in [-0.15, -0.1) is 0 Å². The van der Waals surface area contributed by atoms with E-state index in [1.54, 1.807) is 0 Å². The molecule has 53 heavy (non-hydrogen) atoms. The predicted octanol–water partition coefficient (Wildman–Crippen LogP) is 8.24. The van der Waals surface area contributed by atoms with Crippen molar-refractivity contribution in [3.63, 3.8) is 0 Å². The number of esters is 3. The lowest BCUT2D eigenvalue weighted by atomic mass is 10.0. The van der Waals surface area contributed by atoms with Crippen molar-refractivity contribution in [1.82, 2.24) is 14.9 Å². The van der Waals surface area contributed by atoms with Gasteiger partial charge in [0, 0.05) is 32.4 Å². The first kappa shape index (κ1) is 51.2. The summed E-state index contributed by atoms with van der Waals surface area (Å²) >= 11 is 0. The number of ether oxygens (including phenoxy) is 3. The number of unbranched alkanes of at least 4 members (excludes halogenated alkanes) is 18. The van der Waals surface area contributed by atoms with Crippen LogP contribution in [0.3, 0.4) is 0 Å². The Hall–Kier alpha value is -1.76. The van der Waals surface area contributed by atoms with Crippen LogP contribution in [-0.4, -0.2) is 96.1 Å². The molecule has 2 N–H and O–H groups in total. The summed E-state index contributed by atoms with van der Waals surface area (Å²) in [7, 11) is 0.245. The fourth-order valence-electron chi connectivity index (χ4n) is 5.98. The molecule has 0 bridgehead atoms. The lowest BCUT2D eigenvalue weighted by molar-refractivity contribution is -0.157. The van der Waals surface area contributed by atoms with E-state index in [2.05, 4.69) is 30.8 Å². The van der Waals surface area contributed by atoms with Gasteiger partial charge >= 0.3 is 17.9 Å². The Morgan fingerprint density at radius 2 is 0.849 bits per heavy atom. The summed E-state index contributed by atoms with van der Waals surface area (Å²) < 4.78 is 45.5. The van der Waals surface area contributed by atoms with Crippen molar-refractivity contribution in [3.05, 3.63) is 0 Å². The summed E-state index contributed by atoms with van der Waals surface area (Å²) in [4.78, 5) is 40.7. The molecule has 0 aliphatic carbocycles. The number of carbonyl (C=O) groups excluding carboxylic acids is 3. The van der Waals surface area contributed by atoms with Crippen LogP contribution in [-0.2, 0) is 38.6 Å². The number of carbonyl (C=O) groups is 3. The van der Waals surface area contributed by atoms with Gasteiger partial charge in [-0.2, -0.15) is 0 Å². The fraction of sp³-hybridized carbons (Fsp3) is 0.927.